The molecule has 3 nitrogen and oxygen atoms in total. The molecule has 2 unspecified atom stereocenters. The van der Waals surface area contributed by atoms with Gasteiger partial charge in [0.1, 0.15) is 11.9 Å². The first-order valence-electron chi connectivity index (χ1n) is 6.63. The van der Waals surface area contributed by atoms with Crippen molar-refractivity contribution in [1.29, 1.82) is 0 Å². The molecule has 0 aromatic heterocycles. The van der Waals surface area contributed by atoms with Crippen LogP contribution in [0.1, 0.15) is 29.7 Å². The first kappa shape index (κ1) is 14.3. The zero-order valence-corrected chi connectivity index (χ0v) is 11.7. The van der Waals surface area contributed by atoms with Crippen LogP contribution >= 0.6 is 0 Å². The van der Waals surface area contributed by atoms with Gasteiger partial charge in [-0.2, -0.15) is 0 Å². The predicted molar refractivity (Wildman–Crippen MR) is 81.3 cm³/mol. The van der Waals surface area contributed by atoms with Crippen molar-refractivity contribution in [2.45, 2.75) is 26.0 Å². The van der Waals surface area contributed by atoms with Crippen molar-refractivity contribution in [3.63, 3.8) is 0 Å². The number of hydrogen-bond acceptors (Lipinski definition) is 3. The van der Waals surface area contributed by atoms with Crippen LogP contribution in [0, 0.1) is 6.92 Å². The molecule has 0 saturated heterocycles. The molecule has 0 radical (unpaired) electrons. The van der Waals surface area contributed by atoms with Crippen molar-refractivity contribution >= 4 is 6.21 Å². The molecule has 0 bridgehead atoms. The Labute approximate surface area is 119 Å². The lowest BCUT2D eigenvalue weighted by molar-refractivity contribution is 0.154. The maximum absolute atomic E-state index is 10.2. The van der Waals surface area contributed by atoms with Crippen LogP contribution in [0.5, 0.6) is 5.75 Å². The third-order valence-electron chi connectivity index (χ3n) is 3.23. The molecule has 0 fully saturated rings. The van der Waals surface area contributed by atoms with E-state index in [1.165, 1.54) is 0 Å². The summed E-state index contributed by atoms with van der Waals surface area (Å²) in [6, 6.07) is 14.5. The highest BCUT2D eigenvalue weighted by atomic mass is 16.3. The van der Waals surface area contributed by atoms with Gasteiger partial charge in [-0.3, -0.25) is 4.99 Å². The molecule has 0 aliphatic heterocycles. The van der Waals surface area contributed by atoms with Crippen molar-refractivity contribution in [2.75, 3.05) is 0 Å². The SMILES string of the molecule is Cc1ccc(O)c(C=NC(C)C(O)c2ccccc2)c1. The summed E-state index contributed by atoms with van der Waals surface area (Å²) in [5.74, 6) is 0.195. The maximum Gasteiger partial charge on any atom is 0.124 e. The van der Waals surface area contributed by atoms with E-state index in [0.717, 1.165) is 11.1 Å². The van der Waals surface area contributed by atoms with Gasteiger partial charge in [-0.15, -0.1) is 0 Å². The summed E-state index contributed by atoms with van der Waals surface area (Å²) in [6.45, 7) is 3.81. The summed E-state index contributed by atoms with van der Waals surface area (Å²) in [5, 5.41) is 20.0. The number of aryl methyl sites for hydroxylation is 1. The third-order valence-corrected chi connectivity index (χ3v) is 3.23. The van der Waals surface area contributed by atoms with Crippen molar-refractivity contribution < 1.29 is 10.2 Å². The number of aliphatic imine (C=N–C) groups is 1. The number of aromatic hydroxyl groups is 1. The van der Waals surface area contributed by atoms with E-state index in [1.807, 2.05) is 56.3 Å². The molecule has 2 aromatic rings. The lowest BCUT2D eigenvalue weighted by Crippen LogP contribution is -2.12. The van der Waals surface area contributed by atoms with Crippen LogP contribution in [0.3, 0.4) is 0 Å². The molecule has 0 aliphatic rings. The number of hydrogen-bond donors (Lipinski definition) is 2. The summed E-state index contributed by atoms with van der Waals surface area (Å²) in [7, 11) is 0. The Morgan fingerprint density at radius 3 is 2.50 bits per heavy atom. The average molecular weight is 269 g/mol. The first-order chi connectivity index (χ1) is 9.58. The normalized spacial score (nSPS) is 14.3. The number of aliphatic hydroxyl groups excluding tert-OH is 1. The maximum atomic E-state index is 10.2. The second kappa shape index (κ2) is 6.35. The lowest BCUT2D eigenvalue weighted by atomic mass is 10.0. The summed E-state index contributed by atoms with van der Waals surface area (Å²) in [6.07, 6.45) is 0.957. The van der Waals surface area contributed by atoms with Crippen molar-refractivity contribution in [3.05, 3.63) is 65.2 Å². The minimum absolute atomic E-state index is 0.195. The molecule has 0 aliphatic carbocycles. The van der Waals surface area contributed by atoms with Crippen molar-refractivity contribution in [1.82, 2.24) is 0 Å². The van der Waals surface area contributed by atoms with E-state index in [1.54, 1.807) is 12.3 Å². The standard InChI is InChI=1S/C17H19NO2/c1-12-8-9-16(19)15(10-12)11-18-13(2)17(20)14-6-4-3-5-7-14/h3-11,13,17,19-20H,1-2H3. The number of phenols is 1. The monoisotopic (exact) mass is 269 g/mol. The topological polar surface area (TPSA) is 52.8 Å². The highest BCUT2D eigenvalue weighted by Gasteiger charge is 2.14. The summed E-state index contributed by atoms with van der Waals surface area (Å²) < 4.78 is 0. The zero-order valence-electron chi connectivity index (χ0n) is 11.7. The van der Waals surface area contributed by atoms with Gasteiger partial charge in [0.25, 0.3) is 0 Å². The van der Waals surface area contributed by atoms with Gasteiger partial charge >= 0.3 is 0 Å². The van der Waals surface area contributed by atoms with Gasteiger partial charge in [0, 0.05) is 11.8 Å². The quantitative estimate of drug-likeness (QED) is 0.837. The number of phenolic OH excluding ortho intramolecular Hbond substituents is 1. The molecule has 104 valence electrons. The number of aliphatic hydroxyl groups is 1. The summed E-state index contributed by atoms with van der Waals surface area (Å²) in [4.78, 5) is 4.34. The molecular weight excluding hydrogens is 250 g/mol. The molecule has 3 heteroatoms. The first-order valence-corrected chi connectivity index (χ1v) is 6.63. The van der Waals surface area contributed by atoms with Gasteiger partial charge in [-0.05, 0) is 31.5 Å². The Morgan fingerprint density at radius 1 is 1.10 bits per heavy atom. The zero-order chi connectivity index (χ0) is 14.5. The summed E-state index contributed by atoms with van der Waals surface area (Å²) >= 11 is 0. The Kier molecular flexibility index (Phi) is 4.53. The molecule has 0 heterocycles. The molecule has 2 aromatic carbocycles. The van der Waals surface area contributed by atoms with Crippen molar-refractivity contribution in [2.24, 2.45) is 4.99 Å². The van der Waals surface area contributed by atoms with Gasteiger partial charge in [0.05, 0.1) is 6.04 Å². The van der Waals surface area contributed by atoms with E-state index < -0.39 is 6.10 Å². The van der Waals surface area contributed by atoms with Crippen LogP contribution in [0.15, 0.2) is 53.5 Å². The minimum Gasteiger partial charge on any atom is -0.507 e. The van der Waals surface area contributed by atoms with E-state index in [2.05, 4.69) is 4.99 Å². The van der Waals surface area contributed by atoms with Gasteiger partial charge in [0.2, 0.25) is 0 Å². The van der Waals surface area contributed by atoms with Crippen LogP contribution in [-0.2, 0) is 0 Å². The van der Waals surface area contributed by atoms with Gasteiger partial charge in [-0.25, -0.2) is 0 Å². The van der Waals surface area contributed by atoms with Gasteiger partial charge in [-0.1, -0.05) is 42.0 Å². The molecular formula is C17H19NO2. The number of rotatable bonds is 4. The van der Waals surface area contributed by atoms with E-state index in [0.29, 0.717) is 5.56 Å². The second-order valence-electron chi connectivity index (χ2n) is 4.94. The fourth-order valence-corrected chi connectivity index (χ4v) is 1.99. The molecule has 0 amide bonds. The van der Waals surface area contributed by atoms with Gasteiger partial charge < -0.3 is 10.2 Å². The van der Waals surface area contributed by atoms with E-state index in [-0.39, 0.29) is 11.8 Å². The molecule has 2 N–H and O–H groups in total. The Balaban J connectivity index is 2.13. The van der Waals surface area contributed by atoms with Crippen LogP contribution in [0.4, 0.5) is 0 Å². The third kappa shape index (κ3) is 3.45. The van der Waals surface area contributed by atoms with E-state index in [9.17, 15) is 10.2 Å². The number of nitrogens with zero attached hydrogens (tertiary/aromatic N) is 1. The van der Waals surface area contributed by atoms with Crippen LogP contribution < -0.4 is 0 Å². The van der Waals surface area contributed by atoms with E-state index in [4.69, 9.17) is 0 Å². The van der Waals surface area contributed by atoms with E-state index >= 15 is 0 Å². The second-order valence-corrected chi connectivity index (χ2v) is 4.94. The Bertz CT molecular complexity index is 593. The predicted octanol–water partition coefficient (Wildman–Crippen LogP) is 3.24. The fourth-order valence-electron chi connectivity index (χ4n) is 1.99. The number of benzene rings is 2. The lowest BCUT2D eigenvalue weighted by Gasteiger charge is -2.15. The van der Waals surface area contributed by atoms with Crippen LogP contribution in [-0.4, -0.2) is 22.5 Å². The van der Waals surface area contributed by atoms with Gasteiger partial charge in [0.15, 0.2) is 0 Å². The minimum atomic E-state index is -0.653. The van der Waals surface area contributed by atoms with Crippen molar-refractivity contribution in [3.8, 4) is 5.75 Å². The average Bonchev–Trinajstić information content (AvgIpc) is 2.48. The highest BCUT2D eigenvalue weighted by Crippen LogP contribution is 2.20. The van der Waals surface area contributed by atoms with Crippen LogP contribution in [0.2, 0.25) is 0 Å². The summed E-state index contributed by atoms with van der Waals surface area (Å²) in [5.41, 5.74) is 2.56. The Hall–Kier alpha value is -2.13. The molecule has 0 saturated carbocycles. The molecule has 2 rings (SSSR count). The largest absolute Gasteiger partial charge is 0.507 e. The highest BCUT2D eigenvalue weighted by molar-refractivity contribution is 5.83. The molecule has 2 atom stereocenters. The molecule has 0 spiro atoms. The Morgan fingerprint density at radius 2 is 1.80 bits per heavy atom. The van der Waals surface area contributed by atoms with Crippen LogP contribution in [0.25, 0.3) is 0 Å². The smallest absolute Gasteiger partial charge is 0.124 e. The molecule has 20 heavy (non-hydrogen) atoms. The fraction of sp³-hybridized carbons (Fsp3) is 0.235.